The Bertz CT molecular complexity index is 498. The standard InChI is InChI=1S/C18H26N2O/c1-4-13-20(16-7-5-6-8-16)17(21)18(2,3)14-9-11-15(19)12-10-14/h4,9-12,16H,1,5-8,13,19H2,2-3H3. The third-order valence-electron chi connectivity index (χ3n) is 4.52. The van der Waals surface area contributed by atoms with Crippen molar-refractivity contribution in [2.24, 2.45) is 0 Å². The fraction of sp³-hybridized carbons (Fsp3) is 0.500. The van der Waals surface area contributed by atoms with Crippen molar-refractivity contribution in [3.8, 4) is 0 Å². The van der Waals surface area contributed by atoms with Crippen molar-refractivity contribution in [1.29, 1.82) is 0 Å². The lowest BCUT2D eigenvalue weighted by Gasteiger charge is -2.35. The summed E-state index contributed by atoms with van der Waals surface area (Å²) in [5, 5.41) is 0. The molecule has 0 heterocycles. The van der Waals surface area contributed by atoms with E-state index >= 15 is 0 Å². The average Bonchev–Trinajstić information content (AvgIpc) is 2.98. The largest absolute Gasteiger partial charge is 0.399 e. The lowest BCUT2D eigenvalue weighted by Crippen LogP contribution is -2.47. The average molecular weight is 286 g/mol. The fourth-order valence-electron chi connectivity index (χ4n) is 3.14. The van der Waals surface area contributed by atoms with Gasteiger partial charge in [-0.2, -0.15) is 0 Å². The monoisotopic (exact) mass is 286 g/mol. The third kappa shape index (κ3) is 3.29. The van der Waals surface area contributed by atoms with E-state index in [9.17, 15) is 4.79 Å². The first-order chi connectivity index (χ1) is 9.96. The second-order valence-electron chi connectivity index (χ2n) is 6.43. The van der Waals surface area contributed by atoms with E-state index in [4.69, 9.17) is 5.73 Å². The van der Waals surface area contributed by atoms with Gasteiger partial charge in [-0.25, -0.2) is 0 Å². The molecule has 1 aromatic rings. The molecule has 21 heavy (non-hydrogen) atoms. The van der Waals surface area contributed by atoms with E-state index in [1.807, 2.05) is 49.1 Å². The van der Waals surface area contributed by atoms with Crippen molar-refractivity contribution in [1.82, 2.24) is 4.90 Å². The molecule has 1 amide bonds. The van der Waals surface area contributed by atoms with Gasteiger partial charge in [0, 0.05) is 18.3 Å². The summed E-state index contributed by atoms with van der Waals surface area (Å²) in [5.41, 5.74) is 6.93. The first-order valence-corrected chi connectivity index (χ1v) is 7.75. The molecule has 0 saturated heterocycles. The zero-order valence-corrected chi connectivity index (χ0v) is 13.1. The molecule has 1 fully saturated rings. The predicted molar refractivity (Wildman–Crippen MR) is 88.0 cm³/mol. The molecular weight excluding hydrogens is 260 g/mol. The van der Waals surface area contributed by atoms with Crippen LogP contribution < -0.4 is 5.73 Å². The number of amides is 1. The summed E-state index contributed by atoms with van der Waals surface area (Å²) in [6.45, 7) is 8.42. The van der Waals surface area contributed by atoms with E-state index < -0.39 is 5.41 Å². The van der Waals surface area contributed by atoms with Crippen LogP contribution in [0.5, 0.6) is 0 Å². The van der Waals surface area contributed by atoms with Gasteiger partial charge < -0.3 is 10.6 Å². The highest BCUT2D eigenvalue weighted by molar-refractivity contribution is 5.88. The molecule has 1 aromatic carbocycles. The van der Waals surface area contributed by atoms with Crippen LogP contribution in [0.15, 0.2) is 36.9 Å². The van der Waals surface area contributed by atoms with Crippen molar-refractivity contribution in [2.75, 3.05) is 12.3 Å². The van der Waals surface area contributed by atoms with E-state index in [-0.39, 0.29) is 5.91 Å². The minimum atomic E-state index is -0.542. The Morgan fingerprint density at radius 1 is 1.33 bits per heavy atom. The molecule has 1 saturated carbocycles. The van der Waals surface area contributed by atoms with E-state index in [2.05, 4.69) is 6.58 Å². The number of carbonyl (C=O) groups is 1. The number of anilines is 1. The zero-order chi connectivity index (χ0) is 15.5. The van der Waals surface area contributed by atoms with Crippen LogP contribution in [0.3, 0.4) is 0 Å². The van der Waals surface area contributed by atoms with Crippen LogP contribution in [0.25, 0.3) is 0 Å². The lowest BCUT2D eigenvalue weighted by molar-refractivity contribution is -0.138. The smallest absolute Gasteiger partial charge is 0.233 e. The zero-order valence-electron chi connectivity index (χ0n) is 13.1. The summed E-state index contributed by atoms with van der Waals surface area (Å²) >= 11 is 0. The van der Waals surface area contributed by atoms with Gasteiger partial charge in [0.15, 0.2) is 0 Å². The number of nitrogens with zero attached hydrogens (tertiary/aromatic N) is 1. The number of hydrogen-bond acceptors (Lipinski definition) is 2. The van der Waals surface area contributed by atoms with Crippen molar-refractivity contribution in [3.05, 3.63) is 42.5 Å². The Morgan fingerprint density at radius 3 is 2.43 bits per heavy atom. The van der Waals surface area contributed by atoms with Crippen LogP contribution in [-0.2, 0) is 10.2 Å². The summed E-state index contributed by atoms with van der Waals surface area (Å²) in [6.07, 6.45) is 6.48. The first kappa shape index (κ1) is 15.6. The van der Waals surface area contributed by atoms with E-state index in [0.29, 0.717) is 12.6 Å². The quantitative estimate of drug-likeness (QED) is 0.665. The molecule has 0 aromatic heterocycles. The van der Waals surface area contributed by atoms with Crippen molar-refractivity contribution in [3.63, 3.8) is 0 Å². The normalized spacial score (nSPS) is 15.9. The van der Waals surface area contributed by atoms with Crippen molar-refractivity contribution < 1.29 is 4.79 Å². The molecule has 0 spiro atoms. The van der Waals surface area contributed by atoms with Gasteiger partial charge in [0.1, 0.15) is 0 Å². The van der Waals surface area contributed by atoms with Gasteiger partial charge in [-0.05, 0) is 44.4 Å². The van der Waals surface area contributed by atoms with Crippen molar-refractivity contribution >= 4 is 11.6 Å². The predicted octanol–water partition coefficient (Wildman–Crippen LogP) is 3.50. The third-order valence-corrected chi connectivity index (χ3v) is 4.52. The van der Waals surface area contributed by atoms with Crippen LogP contribution in [0.1, 0.15) is 45.1 Å². The van der Waals surface area contributed by atoms with Crippen LogP contribution in [0.2, 0.25) is 0 Å². The summed E-state index contributed by atoms with van der Waals surface area (Å²) in [5.74, 6) is 0.180. The molecule has 0 bridgehead atoms. The van der Waals surface area contributed by atoms with Crippen LogP contribution in [-0.4, -0.2) is 23.4 Å². The number of carbonyl (C=O) groups excluding carboxylic acids is 1. The molecule has 1 aliphatic carbocycles. The SMILES string of the molecule is C=CCN(C(=O)C(C)(C)c1ccc(N)cc1)C1CCCC1. The minimum absolute atomic E-state index is 0.180. The van der Waals surface area contributed by atoms with Gasteiger partial charge >= 0.3 is 0 Å². The number of rotatable bonds is 5. The fourth-order valence-corrected chi connectivity index (χ4v) is 3.14. The maximum absolute atomic E-state index is 13.1. The van der Waals surface area contributed by atoms with Crippen molar-refractivity contribution in [2.45, 2.75) is 51.0 Å². The summed E-state index contributed by atoms with van der Waals surface area (Å²) in [7, 11) is 0. The Kier molecular flexibility index (Phi) is 4.71. The van der Waals surface area contributed by atoms with Crippen LogP contribution in [0, 0.1) is 0 Å². The number of benzene rings is 1. The second-order valence-corrected chi connectivity index (χ2v) is 6.43. The van der Waals surface area contributed by atoms with Gasteiger partial charge in [-0.3, -0.25) is 4.79 Å². The Labute approximate surface area is 127 Å². The highest BCUT2D eigenvalue weighted by Gasteiger charge is 2.37. The summed E-state index contributed by atoms with van der Waals surface area (Å²) in [4.78, 5) is 15.1. The van der Waals surface area contributed by atoms with E-state index in [1.54, 1.807) is 0 Å². The Balaban J connectivity index is 2.25. The van der Waals surface area contributed by atoms with Gasteiger partial charge in [-0.1, -0.05) is 31.1 Å². The molecule has 3 nitrogen and oxygen atoms in total. The van der Waals surface area contributed by atoms with E-state index in [1.165, 1.54) is 12.8 Å². The molecule has 2 N–H and O–H groups in total. The first-order valence-electron chi connectivity index (χ1n) is 7.75. The molecule has 0 unspecified atom stereocenters. The molecule has 2 rings (SSSR count). The second kappa shape index (κ2) is 6.33. The summed E-state index contributed by atoms with van der Waals surface area (Å²) < 4.78 is 0. The molecule has 3 heteroatoms. The number of hydrogen-bond donors (Lipinski definition) is 1. The lowest BCUT2D eigenvalue weighted by atomic mass is 9.82. The van der Waals surface area contributed by atoms with Gasteiger partial charge in [0.2, 0.25) is 5.91 Å². The number of nitrogen functional groups attached to an aromatic ring is 1. The topological polar surface area (TPSA) is 46.3 Å². The molecule has 1 aliphatic rings. The van der Waals surface area contributed by atoms with Gasteiger partial charge in [-0.15, -0.1) is 6.58 Å². The molecule has 114 valence electrons. The molecular formula is C18H26N2O. The number of nitrogens with two attached hydrogens (primary N) is 1. The molecule has 0 atom stereocenters. The summed E-state index contributed by atoms with van der Waals surface area (Å²) in [6, 6.07) is 7.99. The van der Waals surface area contributed by atoms with E-state index in [0.717, 1.165) is 24.1 Å². The highest BCUT2D eigenvalue weighted by atomic mass is 16.2. The van der Waals surface area contributed by atoms with Gasteiger partial charge in [0.25, 0.3) is 0 Å². The van der Waals surface area contributed by atoms with Gasteiger partial charge in [0.05, 0.1) is 5.41 Å². The molecule has 0 radical (unpaired) electrons. The van der Waals surface area contributed by atoms with Crippen LogP contribution in [0.4, 0.5) is 5.69 Å². The van der Waals surface area contributed by atoms with Crippen LogP contribution >= 0.6 is 0 Å². The highest BCUT2D eigenvalue weighted by Crippen LogP contribution is 2.31. The Hall–Kier alpha value is -1.77. The molecule has 0 aliphatic heterocycles. The maximum Gasteiger partial charge on any atom is 0.233 e. The minimum Gasteiger partial charge on any atom is -0.399 e. The maximum atomic E-state index is 13.1. The Morgan fingerprint density at radius 2 is 1.90 bits per heavy atom.